The van der Waals surface area contributed by atoms with Crippen LogP contribution in [0.4, 0.5) is 18.9 Å². The van der Waals surface area contributed by atoms with Crippen LogP contribution in [0, 0.1) is 24.4 Å². The van der Waals surface area contributed by atoms with Gasteiger partial charge in [-0.3, -0.25) is 4.99 Å². The van der Waals surface area contributed by atoms with Crippen molar-refractivity contribution in [3.63, 3.8) is 0 Å². The van der Waals surface area contributed by atoms with E-state index in [-0.39, 0.29) is 5.69 Å². The molecular weight excluding hydrogens is 247 g/mol. The fourth-order valence-electron chi connectivity index (χ4n) is 1.26. The molecule has 0 N–H and O–H groups in total. The quantitative estimate of drug-likeness (QED) is 0.562. The first kappa shape index (κ1) is 11.9. The molecule has 0 radical (unpaired) electrons. The zero-order chi connectivity index (χ0) is 12.4. The van der Waals surface area contributed by atoms with Crippen LogP contribution in [0.3, 0.4) is 0 Å². The fourth-order valence-corrected chi connectivity index (χ4v) is 2.05. The van der Waals surface area contributed by atoms with Crippen molar-refractivity contribution in [1.29, 1.82) is 0 Å². The summed E-state index contributed by atoms with van der Waals surface area (Å²) in [5, 5.41) is 1.87. The maximum absolute atomic E-state index is 13.3. The van der Waals surface area contributed by atoms with E-state index in [2.05, 4.69) is 4.99 Å². The topological polar surface area (TPSA) is 12.4 Å². The van der Waals surface area contributed by atoms with Crippen LogP contribution in [0.2, 0.25) is 0 Å². The Balaban J connectivity index is 2.34. The zero-order valence-corrected chi connectivity index (χ0v) is 9.69. The molecule has 2 aromatic rings. The second-order valence-electron chi connectivity index (χ2n) is 3.42. The molecule has 5 heteroatoms. The first-order valence-corrected chi connectivity index (χ1v) is 5.69. The van der Waals surface area contributed by atoms with Crippen molar-refractivity contribution < 1.29 is 13.2 Å². The van der Waals surface area contributed by atoms with Crippen LogP contribution >= 0.6 is 11.3 Å². The Hall–Kier alpha value is -1.62. The predicted octanol–water partition coefficient (Wildman–Crippen LogP) is 4.22. The van der Waals surface area contributed by atoms with E-state index in [1.807, 2.05) is 18.4 Å². The lowest BCUT2D eigenvalue weighted by Gasteiger charge is -1.98. The summed E-state index contributed by atoms with van der Waals surface area (Å²) in [5.41, 5.74) is 0.790. The molecule has 0 aliphatic heterocycles. The lowest BCUT2D eigenvalue weighted by molar-refractivity contribution is 0.448. The molecule has 0 bridgehead atoms. The molecule has 1 aromatic heterocycles. The van der Waals surface area contributed by atoms with E-state index in [1.165, 1.54) is 17.6 Å². The normalized spacial score (nSPS) is 11.3. The van der Waals surface area contributed by atoms with Crippen molar-refractivity contribution in [2.75, 3.05) is 0 Å². The van der Waals surface area contributed by atoms with Gasteiger partial charge in [0.15, 0.2) is 17.5 Å². The highest BCUT2D eigenvalue weighted by atomic mass is 32.1. The molecule has 17 heavy (non-hydrogen) atoms. The summed E-state index contributed by atoms with van der Waals surface area (Å²) in [6, 6.07) is 3.85. The van der Waals surface area contributed by atoms with Gasteiger partial charge in [0.25, 0.3) is 0 Å². The van der Waals surface area contributed by atoms with Crippen LogP contribution in [-0.4, -0.2) is 6.21 Å². The lowest BCUT2D eigenvalue weighted by Crippen LogP contribution is -1.90. The number of rotatable bonds is 2. The number of thiophene rings is 1. The fraction of sp³-hybridized carbons (Fsp3) is 0.0833. The number of halogens is 3. The van der Waals surface area contributed by atoms with Crippen molar-refractivity contribution in [2.24, 2.45) is 4.99 Å². The van der Waals surface area contributed by atoms with Gasteiger partial charge in [0, 0.05) is 11.1 Å². The largest absolute Gasteiger partial charge is 0.252 e. The molecule has 0 aliphatic rings. The maximum Gasteiger partial charge on any atom is 0.196 e. The van der Waals surface area contributed by atoms with E-state index in [0.29, 0.717) is 0 Å². The van der Waals surface area contributed by atoms with E-state index < -0.39 is 17.5 Å². The molecule has 0 amide bonds. The summed E-state index contributed by atoms with van der Waals surface area (Å²) < 4.78 is 38.9. The molecule has 0 fully saturated rings. The van der Waals surface area contributed by atoms with Crippen LogP contribution in [0.15, 0.2) is 28.6 Å². The minimum Gasteiger partial charge on any atom is -0.252 e. The Morgan fingerprint density at radius 1 is 1.12 bits per heavy atom. The third-order valence-corrected chi connectivity index (χ3v) is 3.19. The molecule has 0 atom stereocenters. The van der Waals surface area contributed by atoms with E-state index >= 15 is 0 Å². The van der Waals surface area contributed by atoms with Gasteiger partial charge in [-0.15, -0.1) is 11.3 Å². The first-order valence-electron chi connectivity index (χ1n) is 4.81. The molecule has 0 aliphatic carbocycles. The van der Waals surface area contributed by atoms with Crippen molar-refractivity contribution >= 4 is 23.2 Å². The second kappa shape index (κ2) is 4.71. The SMILES string of the molecule is Cc1ccsc1C=Nc1ccc(F)c(F)c1F. The van der Waals surface area contributed by atoms with Crippen LogP contribution in [-0.2, 0) is 0 Å². The molecule has 0 unspecified atom stereocenters. The monoisotopic (exact) mass is 255 g/mol. The van der Waals surface area contributed by atoms with Crippen molar-refractivity contribution in [3.05, 3.63) is 51.5 Å². The zero-order valence-electron chi connectivity index (χ0n) is 8.88. The minimum absolute atomic E-state index is 0.211. The average molecular weight is 255 g/mol. The average Bonchev–Trinajstić information content (AvgIpc) is 2.71. The van der Waals surface area contributed by atoms with Crippen LogP contribution in [0.25, 0.3) is 0 Å². The number of benzene rings is 1. The number of hydrogen-bond acceptors (Lipinski definition) is 2. The van der Waals surface area contributed by atoms with E-state index in [4.69, 9.17) is 0 Å². The Morgan fingerprint density at radius 3 is 2.53 bits per heavy atom. The van der Waals surface area contributed by atoms with Gasteiger partial charge >= 0.3 is 0 Å². The minimum atomic E-state index is -1.50. The van der Waals surface area contributed by atoms with Gasteiger partial charge in [-0.2, -0.15) is 0 Å². The van der Waals surface area contributed by atoms with Gasteiger partial charge in [-0.25, -0.2) is 13.2 Å². The van der Waals surface area contributed by atoms with Gasteiger partial charge in [0.05, 0.1) is 0 Å². The molecule has 0 saturated carbocycles. The number of hydrogen-bond donors (Lipinski definition) is 0. The van der Waals surface area contributed by atoms with Crippen LogP contribution in [0.5, 0.6) is 0 Å². The van der Waals surface area contributed by atoms with Crippen molar-refractivity contribution in [3.8, 4) is 0 Å². The first-order chi connectivity index (χ1) is 8.09. The maximum atomic E-state index is 13.3. The Morgan fingerprint density at radius 2 is 1.88 bits per heavy atom. The summed E-state index contributed by atoms with van der Waals surface area (Å²) in [5.74, 6) is -3.98. The van der Waals surface area contributed by atoms with E-state index in [1.54, 1.807) is 0 Å². The standard InChI is InChI=1S/C12H8F3NS/c1-7-4-5-17-10(7)6-16-9-3-2-8(13)11(14)12(9)15/h2-6H,1H3. The third kappa shape index (κ3) is 2.39. The molecule has 1 nitrogen and oxygen atoms in total. The Kier molecular flexibility index (Phi) is 3.28. The smallest absolute Gasteiger partial charge is 0.196 e. The molecule has 0 saturated heterocycles. The van der Waals surface area contributed by atoms with Crippen LogP contribution < -0.4 is 0 Å². The highest BCUT2D eigenvalue weighted by Crippen LogP contribution is 2.23. The molecule has 0 spiro atoms. The molecule has 1 aromatic carbocycles. The molecular formula is C12H8F3NS. The van der Waals surface area contributed by atoms with Gasteiger partial charge in [0.1, 0.15) is 5.69 Å². The number of aryl methyl sites for hydroxylation is 1. The summed E-state index contributed by atoms with van der Waals surface area (Å²) >= 11 is 1.44. The third-order valence-electron chi connectivity index (χ3n) is 2.24. The van der Waals surface area contributed by atoms with Crippen molar-refractivity contribution in [1.82, 2.24) is 0 Å². The van der Waals surface area contributed by atoms with Gasteiger partial charge < -0.3 is 0 Å². The summed E-state index contributed by atoms with van der Waals surface area (Å²) in [4.78, 5) is 4.67. The summed E-state index contributed by atoms with van der Waals surface area (Å²) in [6.07, 6.45) is 1.44. The van der Waals surface area contributed by atoms with Crippen molar-refractivity contribution in [2.45, 2.75) is 6.92 Å². The Bertz CT molecular complexity index is 575. The Labute approximate surface area is 100 Å². The van der Waals surface area contributed by atoms with E-state index in [0.717, 1.165) is 22.6 Å². The summed E-state index contributed by atoms with van der Waals surface area (Å²) in [6.45, 7) is 1.89. The number of nitrogens with zero attached hydrogens (tertiary/aromatic N) is 1. The van der Waals surface area contributed by atoms with Gasteiger partial charge in [0.2, 0.25) is 0 Å². The number of aliphatic imine (C=N–C) groups is 1. The van der Waals surface area contributed by atoms with Gasteiger partial charge in [-0.05, 0) is 36.1 Å². The van der Waals surface area contributed by atoms with E-state index in [9.17, 15) is 13.2 Å². The highest BCUT2D eigenvalue weighted by molar-refractivity contribution is 7.11. The second-order valence-corrected chi connectivity index (χ2v) is 4.37. The highest BCUT2D eigenvalue weighted by Gasteiger charge is 2.12. The van der Waals surface area contributed by atoms with Gasteiger partial charge in [-0.1, -0.05) is 0 Å². The molecule has 88 valence electrons. The molecule has 2 rings (SSSR count). The summed E-state index contributed by atoms with van der Waals surface area (Å²) in [7, 11) is 0. The lowest BCUT2D eigenvalue weighted by atomic mass is 10.3. The van der Waals surface area contributed by atoms with Crippen LogP contribution in [0.1, 0.15) is 10.4 Å². The molecule has 1 heterocycles. The predicted molar refractivity (Wildman–Crippen MR) is 62.6 cm³/mol.